The third kappa shape index (κ3) is 9.32. The van der Waals surface area contributed by atoms with Gasteiger partial charge in [0, 0.05) is 39.3 Å². The SMILES string of the molecule is CC(C)CN(C(Cc1ccccc1)[C@H](O)CNC(=O)[C@@H](C)CS(=O)(=O)N1CCN(C)CC1)S(=O)(=O)c1ccccc1. The van der Waals surface area contributed by atoms with E-state index < -0.39 is 44.0 Å². The number of hydrogen-bond acceptors (Lipinski definition) is 7. The molecule has 2 N–H and O–H groups in total. The zero-order chi connectivity index (χ0) is 30.2. The lowest BCUT2D eigenvalue weighted by Crippen LogP contribution is -2.53. The molecule has 1 aliphatic heterocycles. The van der Waals surface area contributed by atoms with Gasteiger partial charge in [-0.25, -0.2) is 16.8 Å². The molecule has 41 heavy (non-hydrogen) atoms. The number of hydrogen-bond donors (Lipinski definition) is 2. The molecule has 1 aliphatic rings. The molecule has 0 bridgehead atoms. The number of rotatable bonds is 14. The van der Waals surface area contributed by atoms with Crippen molar-refractivity contribution in [2.75, 3.05) is 52.1 Å². The van der Waals surface area contributed by atoms with Gasteiger partial charge < -0.3 is 15.3 Å². The van der Waals surface area contributed by atoms with E-state index in [1.54, 1.807) is 25.1 Å². The van der Waals surface area contributed by atoms with Crippen LogP contribution in [0.3, 0.4) is 0 Å². The van der Waals surface area contributed by atoms with E-state index in [0.29, 0.717) is 26.2 Å². The molecule has 0 aromatic heterocycles. The number of sulfonamides is 2. The first kappa shape index (κ1) is 33.2. The van der Waals surface area contributed by atoms with Gasteiger partial charge in [-0.05, 0) is 37.1 Å². The van der Waals surface area contributed by atoms with E-state index in [1.807, 2.05) is 51.2 Å². The van der Waals surface area contributed by atoms with Crippen molar-refractivity contribution < 1.29 is 26.7 Å². The van der Waals surface area contributed by atoms with Crippen molar-refractivity contribution in [3.8, 4) is 0 Å². The summed E-state index contributed by atoms with van der Waals surface area (Å²) in [6.45, 7) is 7.33. The highest BCUT2D eigenvalue weighted by Gasteiger charge is 2.37. The number of carbonyl (C=O) groups is 1. The van der Waals surface area contributed by atoms with Gasteiger partial charge in [-0.15, -0.1) is 0 Å². The average molecular weight is 609 g/mol. The van der Waals surface area contributed by atoms with E-state index >= 15 is 0 Å². The Labute approximate surface area is 245 Å². The van der Waals surface area contributed by atoms with E-state index in [1.165, 1.54) is 20.7 Å². The first-order valence-corrected chi connectivity index (χ1v) is 17.1. The Kier molecular flexibility index (Phi) is 11.9. The fourth-order valence-corrected chi connectivity index (χ4v) is 8.42. The maximum absolute atomic E-state index is 13.8. The Morgan fingerprint density at radius 2 is 1.49 bits per heavy atom. The van der Waals surface area contributed by atoms with Crippen LogP contribution in [0.2, 0.25) is 0 Å². The zero-order valence-electron chi connectivity index (χ0n) is 24.4. The number of nitrogens with one attached hydrogen (secondary N) is 1. The molecular weight excluding hydrogens is 564 g/mol. The highest BCUT2D eigenvalue weighted by atomic mass is 32.2. The van der Waals surface area contributed by atoms with Crippen LogP contribution in [0, 0.1) is 11.8 Å². The van der Waals surface area contributed by atoms with Crippen molar-refractivity contribution in [1.29, 1.82) is 0 Å². The van der Waals surface area contributed by atoms with E-state index in [9.17, 15) is 26.7 Å². The molecule has 1 fully saturated rings. The lowest BCUT2D eigenvalue weighted by Gasteiger charge is -2.35. The fourth-order valence-electron chi connectivity index (χ4n) is 4.86. The second-order valence-corrected chi connectivity index (χ2v) is 15.1. The number of carbonyl (C=O) groups excluding carboxylic acids is 1. The molecule has 1 amide bonds. The van der Waals surface area contributed by atoms with Gasteiger partial charge in [-0.1, -0.05) is 69.3 Å². The van der Waals surface area contributed by atoms with Crippen molar-refractivity contribution >= 4 is 26.0 Å². The summed E-state index contributed by atoms with van der Waals surface area (Å²) in [6.07, 6.45) is -1.03. The van der Waals surface area contributed by atoms with Gasteiger partial charge in [-0.2, -0.15) is 8.61 Å². The van der Waals surface area contributed by atoms with Crippen LogP contribution >= 0.6 is 0 Å². The van der Waals surface area contributed by atoms with Gasteiger partial charge in [0.2, 0.25) is 26.0 Å². The minimum Gasteiger partial charge on any atom is -0.390 e. The van der Waals surface area contributed by atoms with Gasteiger partial charge in [0.05, 0.1) is 28.7 Å². The summed E-state index contributed by atoms with van der Waals surface area (Å²) in [4.78, 5) is 15.1. The third-order valence-corrected chi connectivity index (χ3v) is 11.2. The Bertz CT molecular complexity index is 1320. The summed E-state index contributed by atoms with van der Waals surface area (Å²) >= 11 is 0. The molecule has 2 aromatic rings. The van der Waals surface area contributed by atoms with Gasteiger partial charge in [0.25, 0.3) is 0 Å². The molecule has 1 heterocycles. The van der Waals surface area contributed by atoms with E-state index in [2.05, 4.69) is 10.2 Å². The number of aliphatic hydroxyl groups excluding tert-OH is 1. The Morgan fingerprint density at radius 3 is 2.05 bits per heavy atom. The van der Waals surface area contributed by atoms with Crippen LogP contribution in [0.15, 0.2) is 65.6 Å². The number of amides is 1. The topological polar surface area (TPSA) is 127 Å². The first-order chi connectivity index (χ1) is 19.3. The summed E-state index contributed by atoms with van der Waals surface area (Å²) < 4.78 is 56.2. The molecule has 10 nitrogen and oxygen atoms in total. The summed E-state index contributed by atoms with van der Waals surface area (Å²) in [5.41, 5.74) is 0.839. The van der Waals surface area contributed by atoms with Crippen LogP contribution in [-0.4, -0.2) is 106 Å². The van der Waals surface area contributed by atoms with Gasteiger partial charge in [0.15, 0.2) is 0 Å². The Morgan fingerprint density at radius 1 is 0.927 bits per heavy atom. The summed E-state index contributed by atoms with van der Waals surface area (Å²) in [5, 5.41) is 14.1. The maximum Gasteiger partial charge on any atom is 0.243 e. The van der Waals surface area contributed by atoms with Gasteiger partial charge in [0.1, 0.15) is 0 Å². The minimum atomic E-state index is -3.98. The largest absolute Gasteiger partial charge is 0.390 e. The predicted molar refractivity (Wildman–Crippen MR) is 160 cm³/mol. The van der Waals surface area contributed by atoms with E-state index in [0.717, 1.165) is 5.56 Å². The number of likely N-dealkylation sites (N-methyl/N-ethyl adjacent to an activating group) is 1. The molecule has 0 spiro atoms. The van der Waals surface area contributed by atoms with Crippen molar-refractivity contribution in [1.82, 2.24) is 18.8 Å². The van der Waals surface area contributed by atoms with Crippen molar-refractivity contribution in [2.24, 2.45) is 11.8 Å². The van der Waals surface area contributed by atoms with Crippen LogP contribution in [-0.2, 0) is 31.3 Å². The monoisotopic (exact) mass is 608 g/mol. The normalized spacial score (nSPS) is 17.8. The van der Waals surface area contributed by atoms with Crippen molar-refractivity contribution in [3.63, 3.8) is 0 Å². The highest BCUT2D eigenvalue weighted by Crippen LogP contribution is 2.24. The van der Waals surface area contributed by atoms with Gasteiger partial charge in [-0.3, -0.25) is 4.79 Å². The molecule has 0 radical (unpaired) electrons. The molecule has 1 unspecified atom stereocenters. The standard InChI is InChI=1S/C29H44N4O6S2/c1-23(2)21-33(41(38,39)26-13-9-6-10-14-26)27(19-25-11-7-5-8-12-25)28(34)20-30-29(35)24(3)22-40(36,37)32-17-15-31(4)16-18-32/h5-14,23-24,27-28,34H,15-22H2,1-4H3,(H,30,35)/t24-,27?,28+/m0/s1. The molecule has 1 saturated heterocycles. The number of piperazine rings is 1. The molecule has 0 aliphatic carbocycles. The van der Waals surface area contributed by atoms with E-state index in [-0.39, 0.29) is 36.1 Å². The lowest BCUT2D eigenvalue weighted by molar-refractivity contribution is -0.124. The summed E-state index contributed by atoms with van der Waals surface area (Å²) in [6, 6.07) is 16.5. The van der Waals surface area contributed by atoms with E-state index in [4.69, 9.17) is 0 Å². The molecule has 0 saturated carbocycles. The number of aliphatic hydroxyl groups is 1. The predicted octanol–water partition coefficient (Wildman–Crippen LogP) is 1.64. The molecular formula is C29H44N4O6S2. The molecule has 12 heteroatoms. The average Bonchev–Trinajstić information content (AvgIpc) is 2.94. The molecule has 3 rings (SSSR count). The molecule has 228 valence electrons. The smallest absolute Gasteiger partial charge is 0.243 e. The highest BCUT2D eigenvalue weighted by molar-refractivity contribution is 7.89. The minimum absolute atomic E-state index is 0.0339. The van der Waals surface area contributed by atoms with Crippen LogP contribution < -0.4 is 5.32 Å². The molecule has 2 aromatic carbocycles. The van der Waals surface area contributed by atoms with Crippen molar-refractivity contribution in [2.45, 2.75) is 44.2 Å². The second kappa shape index (κ2) is 14.7. The number of benzene rings is 2. The van der Waals surface area contributed by atoms with Crippen LogP contribution in [0.25, 0.3) is 0 Å². The van der Waals surface area contributed by atoms with Crippen molar-refractivity contribution in [3.05, 3.63) is 66.2 Å². The maximum atomic E-state index is 13.8. The summed E-state index contributed by atoms with van der Waals surface area (Å²) in [7, 11) is -5.68. The fraction of sp³-hybridized carbons (Fsp3) is 0.552. The first-order valence-electron chi connectivity index (χ1n) is 14.0. The summed E-state index contributed by atoms with van der Waals surface area (Å²) in [5.74, 6) is -1.73. The number of nitrogens with zero attached hydrogens (tertiary/aromatic N) is 3. The quantitative estimate of drug-likeness (QED) is 0.334. The van der Waals surface area contributed by atoms with Gasteiger partial charge >= 0.3 is 0 Å². The molecule has 3 atom stereocenters. The second-order valence-electron chi connectivity index (χ2n) is 11.2. The Hall–Kier alpha value is -2.35. The lowest BCUT2D eigenvalue weighted by atomic mass is 10.00. The zero-order valence-corrected chi connectivity index (χ0v) is 26.0. The Balaban J connectivity index is 1.78. The van der Waals surface area contributed by atoms with Crippen LogP contribution in [0.1, 0.15) is 26.3 Å². The third-order valence-electron chi connectivity index (χ3n) is 7.25. The van der Waals surface area contributed by atoms with Crippen LogP contribution in [0.5, 0.6) is 0 Å². The van der Waals surface area contributed by atoms with Crippen LogP contribution in [0.4, 0.5) is 0 Å².